The van der Waals surface area contributed by atoms with Crippen LogP contribution in [-0.2, 0) is 20.7 Å². The summed E-state index contributed by atoms with van der Waals surface area (Å²) < 4.78 is 14.6. The largest absolute Gasteiger partial charge is 0.428 e. The number of hydrogen-bond acceptors (Lipinski definition) is 3. The van der Waals surface area contributed by atoms with Crippen LogP contribution in [0.4, 0.5) is 0 Å². The monoisotopic (exact) mass is 335 g/mol. The van der Waals surface area contributed by atoms with Crippen molar-refractivity contribution >= 4 is 8.72 Å². The van der Waals surface area contributed by atoms with E-state index in [9.17, 15) is 0 Å². The first-order chi connectivity index (χ1) is 10.6. The zero-order chi connectivity index (χ0) is 17.3. The minimum Gasteiger partial charge on any atom is -0.386 e. The van der Waals surface area contributed by atoms with Crippen LogP contribution >= 0.6 is 0 Å². The highest BCUT2D eigenvalue weighted by Crippen LogP contribution is 2.32. The molecule has 1 heterocycles. The van der Waals surface area contributed by atoms with Crippen molar-refractivity contribution in [1.29, 1.82) is 0 Å². The van der Waals surface area contributed by atoms with Crippen LogP contribution in [0.15, 0.2) is 24.3 Å². The summed E-state index contributed by atoms with van der Waals surface area (Å²) in [7, 11) is -0.452. The molecule has 0 aromatic heterocycles. The molecule has 1 unspecified atom stereocenters. The number of aryl methyl sites for hydroxylation is 1. The van der Waals surface area contributed by atoms with Gasteiger partial charge >= 0.3 is 8.72 Å². The van der Waals surface area contributed by atoms with Gasteiger partial charge in [0.1, 0.15) is 0 Å². The van der Waals surface area contributed by atoms with Crippen molar-refractivity contribution in [2.45, 2.75) is 65.0 Å². The molecule has 1 atom stereocenters. The van der Waals surface area contributed by atoms with E-state index in [0.717, 1.165) is 25.6 Å². The van der Waals surface area contributed by atoms with Crippen molar-refractivity contribution in [2.75, 3.05) is 20.3 Å². The molecule has 1 fully saturated rings. The molecule has 23 heavy (non-hydrogen) atoms. The van der Waals surface area contributed by atoms with Gasteiger partial charge in [0.25, 0.3) is 0 Å². The summed E-state index contributed by atoms with van der Waals surface area (Å²) in [5.74, 6) is 0. The molecule has 130 valence electrons. The molecule has 0 aliphatic carbocycles. The van der Waals surface area contributed by atoms with Gasteiger partial charge in [-0.25, -0.2) is 0 Å². The third kappa shape index (κ3) is 4.24. The van der Waals surface area contributed by atoms with Crippen LogP contribution in [0, 0.1) is 0 Å². The lowest BCUT2D eigenvalue weighted by Gasteiger charge is -2.40. The van der Waals surface area contributed by atoms with Gasteiger partial charge in [-0.2, -0.15) is 0 Å². The molecule has 0 bridgehead atoms. The second kappa shape index (κ2) is 6.67. The van der Waals surface area contributed by atoms with Crippen LogP contribution in [0.3, 0.4) is 0 Å². The van der Waals surface area contributed by atoms with Crippen molar-refractivity contribution in [3.05, 3.63) is 35.4 Å². The fraction of sp³-hybridized carbons (Fsp3) is 0.684. The van der Waals surface area contributed by atoms with Gasteiger partial charge in [0.05, 0.1) is 0 Å². The Labute approximate surface area is 143 Å². The van der Waals surface area contributed by atoms with Crippen LogP contribution in [-0.4, -0.2) is 39.1 Å². The van der Waals surface area contributed by atoms with E-state index >= 15 is 0 Å². The van der Waals surface area contributed by atoms with E-state index in [1.54, 1.807) is 0 Å². The van der Waals surface area contributed by atoms with Gasteiger partial charge in [0.15, 0.2) is 0 Å². The van der Waals surface area contributed by atoms with E-state index < -0.39 is 8.72 Å². The molecule has 0 amide bonds. The molecule has 2 rings (SSSR count). The van der Waals surface area contributed by atoms with Crippen LogP contribution in [0.2, 0.25) is 6.04 Å². The molecule has 3 nitrogen and oxygen atoms in total. The Hall–Kier alpha value is -0.683. The average molecular weight is 336 g/mol. The van der Waals surface area contributed by atoms with E-state index in [-0.39, 0.29) is 11.0 Å². The molecule has 1 aliphatic rings. The fourth-order valence-corrected chi connectivity index (χ4v) is 6.92. The predicted molar refractivity (Wildman–Crippen MR) is 98.8 cm³/mol. The zero-order valence-electron chi connectivity index (χ0n) is 15.9. The second-order valence-electron chi connectivity index (χ2n) is 8.53. The quantitative estimate of drug-likeness (QED) is 0.768. The topological polar surface area (TPSA) is 21.7 Å². The first-order valence-electron chi connectivity index (χ1n) is 8.65. The summed E-state index contributed by atoms with van der Waals surface area (Å²) in [5, 5.41) is 0. The minimum absolute atomic E-state index is 0.0921. The number of nitrogens with zero attached hydrogens (tertiary/aromatic N) is 1. The standard InChI is InChI=1S/C19H33NO2Si/c1-18(2,3)17-10-8-16(9-11-17)12-15-23(21-7)20(13-14-22-23)19(4,5)6/h8-11H,12-15H2,1-7H3. The molecule has 0 radical (unpaired) electrons. The number of benzene rings is 1. The minimum atomic E-state index is -2.27. The maximum Gasteiger partial charge on any atom is 0.428 e. The lowest BCUT2D eigenvalue weighted by atomic mass is 9.86. The van der Waals surface area contributed by atoms with Gasteiger partial charge in [0, 0.05) is 31.8 Å². The van der Waals surface area contributed by atoms with Gasteiger partial charge in [-0.15, -0.1) is 0 Å². The molecular formula is C19H33NO2Si. The van der Waals surface area contributed by atoms with E-state index in [2.05, 4.69) is 70.4 Å². The normalized spacial score (nSPS) is 23.4. The molecule has 4 heteroatoms. The first-order valence-corrected chi connectivity index (χ1v) is 10.6. The SMILES string of the molecule is CO[Si]1(CCc2ccc(C(C)(C)C)cc2)OCCN1C(C)(C)C. The van der Waals surface area contributed by atoms with Crippen LogP contribution < -0.4 is 0 Å². The highest BCUT2D eigenvalue weighted by molar-refractivity contribution is 6.65. The maximum atomic E-state index is 6.17. The van der Waals surface area contributed by atoms with Crippen molar-refractivity contribution in [1.82, 2.24) is 4.57 Å². The lowest BCUT2D eigenvalue weighted by Crippen LogP contribution is -2.60. The van der Waals surface area contributed by atoms with Crippen molar-refractivity contribution in [2.24, 2.45) is 0 Å². The molecule has 1 aromatic rings. The van der Waals surface area contributed by atoms with Crippen LogP contribution in [0.1, 0.15) is 52.7 Å². The van der Waals surface area contributed by atoms with Gasteiger partial charge in [0.2, 0.25) is 0 Å². The highest BCUT2D eigenvalue weighted by Gasteiger charge is 2.52. The van der Waals surface area contributed by atoms with Gasteiger partial charge in [-0.3, -0.25) is 4.57 Å². The fourth-order valence-electron chi connectivity index (χ4n) is 3.34. The summed E-state index contributed by atoms with van der Waals surface area (Å²) >= 11 is 0. The van der Waals surface area contributed by atoms with Gasteiger partial charge < -0.3 is 8.85 Å². The Morgan fingerprint density at radius 1 is 1.09 bits per heavy atom. The van der Waals surface area contributed by atoms with Crippen LogP contribution in [0.25, 0.3) is 0 Å². The van der Waals surface area contributed by atoms with Crippen molar-refractivity contribution < 1.29 is 8.85 Å². The Morgan fingerprint density at radius 2 is 1.70 bits per heavy atom. The molecule has 0 saturated carbocycles. The van der Waals surface area contributed by atoms with E-state index in [1.807, 2.05) is 7.11 Å². The summed E-state index contributed by atoms with van der Waals surface area (Å²) in [6.07, 6.45) is 1.01. The Kier molecular flexibility index (Phi) is 5.41. The van der Waals surface area contributed by atoms with Crippen LogP contribution in [0.5, 0.6) is 0 Å². The first kappa shape index (κ1) is 18.7. The number of hydrogen-bond donors (Lipinski definition) is 0. The predicted octanol–water partition coefficient (Wildman–Crippen LogP) is 4.24. The summed E-state index contributed by atoms with van der Waals surface area (Å²) in [6.45, 7) is 15.3. The summed E-state index contributed by atoms with van der Waals surface area (Å²) in [4.78, 5) is 0. The molecular weight excluding hydrogens is 302 g/mol. The molecule has 0 N–H and O–H groups in total. The van der Waals surface area contributed by atoms with E-state index in [1.165, 1.54) is 11.1 Å². The molecule has 1 aromatic carbocycles. The van der Waals surface area contributed by atoms with E-state index in [0.29, 0.717) is 0 Å². The Balaban J connectivity index is 2.09. The van der Waals surface area contributed by atoms with Crippen molar-refractivity contribution in [3.63, 3.8) is 0 Å². The highest BCUT2D eigenvalue weighted by atomic mass is 28.4. The second-order valence-corrected chi connectivity index (χ2v) is 11.7. The lowest BCUT2D eigenvalue weighted by molar-refractivity contribution is 0.169. The zero-order valence-corrected chi connectivity index (χ0v) is 16.9. The van der Waals surface area contributed by atoms with Crippen molar-refractivity contribution in [3.8, 4) is 0 Å². The number of rotatable bonds is 4. The summed E-state index contributed by atoms with van der Waals surface area (Å²) in [5.41, 5.74) is 3.05. The third-order valence-corrected chi connectivity index (χ3v) is 8.62. The molecule has 0 spiro atoms. The average Bonchev–Trinajstić information content (AvgIpc) is 2.89. The Bertz CT molecular complexity index is 516. The van der Waals surface area contributed by atoms with Gasteiger partial charge in [-0.05, 0) is 43.7 Å². The van der Waals surface area contributed by atoms with E-state index in [4.69, 9.17) is 8.85 Å². The third-order valence-electron chi connectivity index (χ3n) is 4.73. The smallest absolute Gasteiger partial charge is 0.386 e. The van der Waals surface area contributed by atoms with Gasteiger partial charge in [-0.1, -0.05) is 45.0 Å². The Morgan fingerprint density at radius 3 is 2.17 bits per heavy atom. The maximum absolute atomic E-state index is 6.17. The molecule has 1 aliphatic heterocycles. The molecule has 1 saturated heterocycles. The summed E-state index contributed by atoms with van der Waals surface area (Å²) in [6, 6.07) is 10.0.